The third-order valence-electron chi connectivity index (χ3n) is 5.52. The summed E-state index contributed by atoms with van der Waals surface area (Å²) in [7, 11) is 0. The Morgan fingerprint density at radius 2 is 1.38 bits per heavy atom. The number of benzene rings is 4. The number of para-hydroxylation sites is 3. The van der Waals surface area contributed by atoms with Crippen LogP contribution in [0.1, 0.15) is 5.56 Å². The van der Waals surface area contributed by atoms with E-state index in [1.54, 1.807) is 0 Å². The molecule has 2 aromatic heterocycles. The molecule has 0 fully saturated rings. The Morgan fingerprint density at radius 1 is 0.692 bits per heavy atom. The molecule has 2 heteroatoms. The summed E-state index contributed by atoms with van der Waals surface area (Å²) >= 11 is 0. The van der Waals surface area contributed by atoms with Gasteiger partial charge in [0.1, 0.15) is 5.65 Å². The second-order valence-corrected chi connectivity index (χ2v) is 6.92. The molecule has 4 aromatic carbocycles. The van der Waals surface area contributed by atoms with Crippen molar-refractivity contribution in [3.63, 3.8) is 0 Å². The molecule has 0 spiro atoms. The second kappa shape index (κ2) is 4.83. The monoisotopic (exact) mass is 332 g/mol. The maximum absolute atomic E-state index is 5.00. The molecule has 0 saturated carbocycles. The zero-order chi connectivity index (χ0) is 17.3. The summed E-state index contributed by atoms with van der Waals surface area (Å²) in [5.41, 5.74) is 5.77. The Balaban J connectivity index is 2.04. The van der Waals surface area contributed by atoms with E-state index < -0.39 is 0 Å². The zero-order valence-corrected chi connectivity index (χ0v) is 14.4. The van der Waals surface area contributed by atoms with Gasteiger partial charge in [0.05, 0.1) is 16.6 Å². The predicted molar refractivity (Wildman–Crippen MR) is 110 cm³/mol. The van der Waals surface area contributed by atoms with Crippen LogP contribution in [0.4, 0.5) is 0 Å². The summed E-state index contributed by atoms with van der Waals surface area (Å²) in [6, 6.07) is 28.0. The van der Waals surface area contributed by atoms with Gasteiger partial charge in [-0.05, 0) is 52.9 Å². The van der Waals surface area contributed by atoms with Gasteiger partial charge in [0.25, 0.3) is 0 Å². The van der Waals surface area contributed by atoms with Crippen molar-refractivity contribution < 1.29 is 0 Å². The fourth-order valence-electron chi connectivity index (χ4n) is 4.38. The lowest BCUT2D eigenvalue weighted by Gasteiger charge is -2.13. The molecule has 6 rings (SSSR count). The molecule has 0 aliphatic rings. The number of pyridine rings is 1. The molecule has 0 amide bonds. The molecule has 0 atom stereocenters. The van der Waals surface area contributed by atoms with E-state index in [-0.39, 0.29) is 0 Å². The molecule has 0 saturated heterocycles. The number of aromatic nitrogens is 2. The lowest BCUT2D eigenvalue weighted by atomic mass is 9.95. The van der Waals surface area contributed by atoms with E-state index in [1.807, 2.05) is 0 Å². The van der Waals surface area contributed by atoms with Gasteiger partial charge in [0.2, 0.25) is 0 Å². The number of imidazole rings is 1. The van der Waals surface area contributed by atoms with Gasteiger partial charge in [0, 0.05) is 10.8 Å². The molecule has 2 nitrogen and oxygen atoms in total. The topological polar surface area (TPSA) is 17.3 Å². The van der Waals surface area contributed by atoms with Gasteiger partial charge in [0.15, 0.2) is 0 Å². The molecule has 2 heterocycles. The number of hydrogen-bond acceptors (Lipinski definition) is 1. The van der Waals surface area contributed by atoms with Crippen molar-refractivity contribution in [3.05, 3.63) is 84.4 Å². The number of hydrogen-bond donors (Lipinski definition) is 0. The Kier molecular flexibility index (Phi) is 2.57. The first-order valence-electron chi connectivity index (χ1n) is 8.93. The number of fused-ring (bicyclic) bond motifs is 9. The van der Waals surface area contributed by atoms with Gasteiger partial charge < -0.3 is 0 Å². The summed E-state index contributed by atoms with van der Waals surface area (Å²) in [5, 5.41) is 6.38. The Bertz CT molecular complexity index is 1490. The van der Waals surface area contributed by atoms with Crippen LogP contribution in [0.15, 0.2) is 78.9 Å². The minimum atomic E-state index is 1.04. The van der Waals surface area contributed by atoms with Gasteiger partial charge in [-0.3, -0.25) is 4.40 Å². The highest BCUT2D eigenvalue weighted by Gasteiger charge is 2.15. The normalized spacial score (nSPS) is 12.0. The molecule has 26 heavy (non-hydrogen) atoms. The molecule has 0 N–H and O–H groups in total. The maximum atomic E-state index is 5.00. The first-order chi connectivity index (χ1) is 12.8. The van der Waals surface area contributed by atoms with Crippen molar-refractivity contribution in [1.29, 1.82) is 0 Å². The third kappa shape index (κ3) is 1.64. The van der Waals surface area contributed by atoms with Gasteiger partial charge in [-0.2, -0.15) is 0 Å². The second-order valence-electron chi connectivity index (χ2n) is 6.92. The lowest BCUT2D eigenvalue weighted by molar-refractivity contribution is 1.31. The molecular weight excluding hydrogens is 316 g/mol. The fraction of sp³-hybridized carbons (Fsp3) is 0.0417. The third-order valence-corrected chi connectivity index (χ3v) is 5.52. The van der Waals surface area contributed by atoms with E-state index in [1.165, 1.54) is 38.0 Å². The average molecular weight is 332 g/mol. The molecule has 0 radical (unpaired) electrons. The highest BCUT2D eigenvalue weighted by Crippen LogP contribution is 2.37. The Morgan fingerprint density at radius 3 is 2.27 bits per heavy atom. The van der Waals surface area contributed by atoms with Crippen LogP contribution in [0, 0.1) is 6.92 Å². The molecule has 122 valence electrons. The van der Waals surface area contributed by atoms with Crippen molar-refractivity contribution in [2.24, 2.45) is 0 Å². The van der Waals surface area contributed by atoms with Crippen LogP contribution in [0.3, 0.4) is 0 Å². The molecule has 0 bridgehead atoms. The molecule has 0 aliphatic carbocycles. The van der Waals surface area contributed by atoms with E-state index in [2.05, 4.69) is 90.2 Å². The first-order valence-corrected chi connectivity index (χ1v) is 8.93. The van der Waals surface area contributed by atoms with Crippen molar-refractivity contribution in [1.82, 2.24) is 9.38 Å². The van der Waals surface area contributed by atoms with Crippen LogP contribution in [-0.4, -0.2) is 9.38 Å². The van der Waals surface area contributed by atoms with Crippen molar-refractivity contribution >= 4 is 49.1 Å². The van der Waals surface area contributed by atoms with Crippen molar-refractivity contribution in [3.8, 4) is 0 Å². The largest absolute Gasteiger partial charge is 0.292 e. The van der Waals surface area contributed by atoms with E-state index in [9.17, 15) is 0 Å². The maximum Gasteiger partial charge on any atom is 0.146 e. The van der Waals surface area contributed by atoms with E-state index in [0.29, 0.717) is 0 Å². The summed E-state index contributed by atoms with van der Waals surface area (Å²) < 4.78 is 2.31. The molecule has 6 aromatic rings. The number of rotatable bonds is 0. The van der Waals surface area contributed by atoms with Crippen molar-refractivity contribution in [2.75, 3.05) is 0 Å². The van der Waals surface area contributed by atoms with E-state index >= 15 is 0 Å². The van der Waals surface area contributed by atoms with Gasteiger partial charge >= 0.3 is 0 Å². The van der Waals surface area contributed by atoms with Gasteiger partial charge in [-0.25, -0.2) is 4.98 Å². The standard InChI is InChI=1S/C24H16N2/c1-15-17-9-3-2-8-16(17)14-19-23(15)18-10-4-6-12-21(18)26-22-13-7-5-11-20(22)25-24(19)26/h2-14H,1H3. The quantitative estimate of drug-likeness (QED) is 0.237. The minimum Gasteiger partial charge on any atom is -0.292 e. The smallest absolute Gasteiger partial charge is 0.146 e. The zero-order valence-electron chi connectivity index (χ0n) is 14.4. The first kappa shape index (κ1) is 13.9. The minimum absolute atomic E-state index is 1.04. The molecular formula is C24H16N2. The average Bonchev–Trinajstić information content (AvgIpc) is 3.08. The number of nitrogens with zero attached hydrogens (tertiary/aromatic N) is 2. The molecule has 0 aliphatic heterocycles. The SMILES string of the molecule is Cc1c2ccccc2cc2c1c1ccccc1n1c3ccccc3nc21. The van der Waals surface area contributed by atoms with Crippen LogP contribution >= 0.6 is 0 Å². The summed E-state index contributed by atoms with van der Waals surface area (Å²) in [5.74, 6) is 0. The van der Waals surface area contributed by atoms with E-state index in [4.69, 9.17) is 4.98 Å². The Labute approximate surface area is 150 Å². The van der Waals surface area contributed by atoms with Crippen molar-refractivity contribution in [2.45, 2.75) is 6.92 Å². The van der Waals surface area contributed by atoms with Gasteiger partial charge in [-0.15, -0.1) is 0 Å². The van der Waals surface area contributed by atoms with Crippen LogP contribution in [0.2, 0.25) is 0 Å². The number of aryl methyl sites for hydroxylation is 1. The summed E-state index contributed by atoms with van der Waals surface area (Å²) in [6.45, 7) is 2.23. The van der Waals surface area contributed by atoms with Crippen LogP contribution in [-0.2, 0) is 0 Å². The summed E-state index contributed by atoms with van der Waals surface area (Å²) in [6.07, 6.45) is 0. The van der Waals surface area contributed by atoms with Crippen LogP contribution in [0.25, 0.3) is 49.1 Å². The Hall–Kier alpha value is -3.39. The predicted octanol–water partition coefficient (Wildman–Crippen LogP) is 6.26. The van der Waals surface area contributed by atoms with E-state index in [0.717, 1.165) is 16.7 Å². The lowest BCUT2D eigenvalue weighted by Crippen LogP contribution is -1.93. The molecule has 0 unspecified atom stereocenters. The van der Waals surface area contributed by atoms with Crippen LogP contribution < -0.4 is 0 Å². The fourth-order valence-corrected chi connectivity index (χ4v) is 4.38. The highest BCUT2D eigenvalue weighted by atomic mass is 15.0. The van der Waals surface area contributed by atoms with Gasteiger partial charge in [-0.1, -0.05) is 54.6 Å². The van der Waals surface area contributed by atoms with Crippen LogP contribution in [0.5, 0.6) is 0 Å². The highest BCUT2D eigenvalue weighted by molar-refractivity contribution is 6.19. The summed E-state index contributed by atoms with van der Waals surface area (Å²) in [4.78, 5) is 5.00.